The topological polar surface area (TPSA) is 59.7 Å². The predicted octanol–water partition coefficient (Wildman–Crippen LogP) is 4.54. The van der Waals surface area contributed by atoms with Gasteiger partial charge in [-0.2, -0.15) is 5.10 Å². The molecule has 0 fully saturated rings. The molecule has 0 spiro atoms. The van der Waals surface area contributed by atoms with Crippen LogP contribution in [-0.4, -0.2) is 34.7 Å². The van der Waals surface area contributed by atoms with Gasteiger partial charge in [0.05, 0.1) is 19.2 Å². The van der Waals surface area contributed by atoms with Crippen LogP contribution in [0, 0.1) is 20.8 Å². The van der Waals surface area contributed by atoms with Gasteiger partial charge in [0, 0.05) is 35.2 Å². The maximum absolute atomic E-state index is 13.2. The lowest BCUT2D eigenvalue weighted by Crippen LogP contribution is -2.28. The first-order chi connectivity index (χ1) is 14.9. The Kier molecular flexibility index (Phi) is 5.46. The number of ether oxygens (including phenoxy) is 1. The van der Waals surface area contributed by atoms with Crippen LogP contribution in [0.25, 0.3) is 16.9 Å². The average Bonchev–Trinajstić information content (AvgIpc) is 3.12. The Hall–Kier alpha value is -3.67. The van der Waals surface area contributed by atoms with E-state index in [1.807, 2.05) is 79.9 Å². The van der Waals surface area contributed by atoms with Gasteiger partial charge in [-0.3, -0.25) is 4.79 Å². The number of aromatic nitrogens is 3. The second-order valence-corrected chi connectivity index (χ2v) is 7.80. The molecule has 4 aromatic rings. The fourth-order valence-corrected chi connectivity index (χ4v) is 3.69. The van der Waals surface area contributed by atoms with E-state index < -0.39 is 0 Å². The first kappa shape index (κ1) is 20.6. The van der Waals surface area contributed by atoms with E-state index in [-0.39, 0.29) is 12.3 Å². The standard InChI is InChI=1S/C25H26N4O2/c1-16-6-10-20(11-7-16)28(4)23(30)15-22-24(19-8-12-21(31-5)13-9-19)27-29-18(3)14-17(2)26-25(22)29/h6-14H,15H2,1-5H3. The molecule has 31 heavy (non-hydrogen) atoms. The van der Waals surface area contributed by atoms with Crippen molar-refractivity contribution in [2.45, 2.75) is 27.2 Å². The molecule has 6 heteroatoms. The van der Waals surface area contributed by atoms with E-state index in [1.54, 1.807) is 19.1 Å². The van der Waals surface area contributed by atoms with Gasteiger partial charge in [0.1, 0.15) is 5.75 Å². The number of likely N-dealkylation sites (N-methyl/N-ethyl adjacent to an activating group) is 1. The van der Waals surface area contributed by atoms with Crippen molar-refractivity contribution in [2.75, 3.05) is 19.1 Å². The summed E-state index contributed by atoms with van der Waals surface area (Å²) in [5, 5.41) is 4.82. The molecule has 0 N–H and O–H groups in total. The average molecular weight is 415 g/mol. The van der Waals surface area contributed by atoms with Crippen LogP contribution in [0.15, 0.2) is 54.6 Å². The molecule has 0 aliphatic rings. The molecule has 2 aromatic carbocycles. The summed E-state index contributed by atoms with van der Waals surface area (Å²) in [5.41, 5.74) is 7.10. The zero-order valence-corrected chi connectivity index (χ0v) is 18.5. The minimum absolute atomic E-state index is 0.0190. The molecule has 0 aliphatic carbocycles. The van der Waals surface area contributed by atoms with Crippen molar-refractivity contribution in [3.05, 3.63) is 77.1 Å². The number of anilines is 1. The van der Waals surface area contributed by atoms with Crippen LogP contribution >= 0.6 is 0 Å². The van der Waals surface area contributed by atoms with Crippen molar-refractivity contribution in [3.63, 3.8) is 0 Å². The Balaban J connectivity index is 1.78. The van der Waals surface area contributed by atoms with Crippen LogP contribution in [0.1, 0.15) is 22.5 Å². The van der Waals surface area contributed by atoms with E-state index in [4.69, 9.17) is 14.8 Å². The van der Waals surface area contributed by atoms with Crippen LogP contribution in [0.3, 0.4) is 0 Å². The van der Waals surface area contributed by atoms with Gasteiger partial charge in [0.15, 0.2) is 5.65 Å². The van der Waals surface area contributed by atoms with Gasteiger partial charge in [-0.15, -0.1) is 0 Å². The molecule has 0 unspecified atom stereocenters. The molecule has 2 aromatic heterocycles. The minimum atomic E-state index is -0.0190. The second-order valence-electron chi connectivity index (χ2n) is 7.80. The third kappa shape index (κ3) is 4.01. The molecular weight excluding hydrogens is 388 g/mol. The highest BCUT2D eigenvalue weighted by atomic mass is 16.5. The first-order valence-corrected chi connectivity index (χ1v) is 10.2. The lowest BCUT2D eigenvalue weighted by Gasteiger charge is -2.17. The number of methoxy groups -OCH3 is 1. The summed E-state index contributed by atoms with van der Waals surface area (Å²) in [6.07, 6.45) is 0.200. The van der Waals surface area contributed by atoms with Gasteiger partial charge in [-0.1, -0.05) is 17.7 Å². The van der Waals surface area contributed by atoms with Crippen molar-refractivity contribution in [2.24, 2.45) is 0 Å². The summed E-state index contributed by atoms with van der Waals surface area (Å²) < 4.78 is 7.10. The molecule has 0 aliphatic heterocycles. The van der Waals surface area contributed by atoms with Gasteiger partial charge in [-0.25, -0.2) is 9.50 Å². The Morgan fingerprint density at radius 1 is 1.03 bits per heavy atom. The number of rotatable bonds is 5. The largest absolute Gasteiger partial charge is 0.497 e. The molecule has 0 atom stereocenters. The SMILES string of the molecule is COc1ccc(-c2nn3c(C)cc(C)nc3c2CC(=O)N(C)c2ccc(C)cc2)cc1. The lowest BCUT2D eigenvalue weighted by atomic mass is 10.0. The number of amides is 1. The molecular formula is C25H26N4O2. The Morgan fingerprint density at radius 3 is 2.35 bits per heavy atom. The van der Waals surface area contributed by atoms with Crippen LogP contribution < -0.4 is 9.64 Å². The maximum atomic E-state index is 13.2. The van der Waals surface area contributed by atoms with E-state index in [0.717, 1.165) is 45.2 Å². The molecule has 0 saturated heterocycles. The van der Waals surface area contributed by atoms with Crippen molar-refractivity contribution >= 4 is 17.2 Å². The minimum Gasteiger partial charge on any atom is -0.497 e. The molecule has 0 saturated carbocycles. The monoisotopic (exact) mass is 414 g/mol. The number of aryl methyl sites for hydroxylation is 3. The normalized spacial score (nSPS) is 11.0. The van der Waals surface area contributed by atoms with Crippen molar-refractivity contribution in [3.8, 4) is 17.0 Å². The van der Waals surface area contributed by atoms with Crippen LogP contribution in [0.5, 0.6) is 5.75 Å². The highest BCUT2D eigenvalue weighted by molar-refractivity contribution is 5.96. The first-order valence-electron chi connectivity index (χ1n) is 10.2. The fraction of sp³-hybridized carbons (Fsp3) is 0.240. The van der Waals surface area contributed by atoms with Crippen molar-refractivity contribution in [1.82, 2.24) is 14.6 Å². The summed E-state index contributed by atoms with van der Waals surface area (Å²) >= 11 is 0. The molecule has 0 radical (unpaired) electrons. The molecule has 158 valence electrons. The molecule has 6 nitrogen and oxygen atoms in total. The van der Waals surface area contributed by atoms with Crippen LogP contribution in [-0.2, 0) is 11.2 Å². The number of hydrogen-bond acceptors (Lipinski definition) is 4. The van der Waals surface area contributed by atoms with Gasteiger partial charge >= 0.3 is 0 Å². The van der Waals surface area contributed by atoms with Gasteiger partial charge < -0.3 is 9.64 Å². The Labute approximate surface area is 182 Å². The summed E-state index contributed by atoms with van der Waals surface area (Å²) in [6.45, 7) is 5.98. The summed E-state index contributed by atoms with van der Waals surface area (Å²) in [5.74, 6) is 0.754. The zero-order chi connectivity index (χ0) is 22.1. The third-order valence-electron chi connectivity index (χ3n) is 5.48. The molecule has 0 bridgehead atoms. The second kappa shape index (κ2) is 8.22. The molecule has 2 heterocycles. The summed E-state index contributed by atoms with van der Waals surface area (Å²) in [6, 6.07) is 17.6. The number of fused-ring (bicyclic) bond motifs is 1. The Bertz CT molecular complexity index is 1240. The highest BCUT2D eigenvalue weighted by Gasteiger charge is 2.22. The fourth-order valence-electron chi connectivity index (χ4n) is 3.69. The summed E-state index contributed by atoms with van der Waals surface area (Å²) in [7, 11) is 3.44. The van der Waals surface area contributed by atoms with E-state index >= 15 is 0 Å². The smallest absolute Gasteiger partial charge is 0.231 e. The molecule has 1 amide bonds. The van der Waals surface area contributed by atoms with E-state index in [0.29, 0.717) is 5.65 Å². The van der Waals surface area contributed by atoms with E-state index in [9.17, 15) is 4.79 Å². The van der Waals surface area contributed by atoms with Crippen LogP contribution in [0.2, 0.25) is 0 Å². The number of nitrogens with zero attached hydrogens (tertiary/aromatic N) is 4. The number of carbonyl (C=O) groups is 1. The van der Waals surface area contributed by atoms with Crippen molar-refractivity contribution < 1.29 is 9.53 Å². The number of carbonyl (C=O) groups excluding carboxylic acids is 1. The highest BCUT2D eigenvalue weighted by Crippen LogP contribution is 2.29. The number of hydrogen-bond donors (Lipinski definition) is 0. The Morgan fingerprint density at radius 2 is 1.71 bits per heavy atom. The zero-order valence-electron chi connectivity index (χ0n) is 18.5. The summed E-state index contributed by atoms with van der Waals surface area (Å²) in [4.78, 5) is 19.6. The molecule has 4 rings (SSSR count). The quantitative estimate of drug-likeness (QED) is 0.481. The number of benzene rings is 2. The third-order valence-corrected chi connectivity index (χ3v) is 5.48. The van der Waals surface area contributed by atoms with Crippen molar-refractivity contribution in [1.29, 1.82) is 0 Å². The van der Waals surface area contributed by atoms with Gasteiger partial charge in [0.25, 0.3) is 0 Å². The lowest BCUT2D eigenvalue weighted by molar-refractivity contribution is -0.117. The van der Waals surface area contributed by atoms with E-state index in [1.165, 1.54) is 0 Å². The van der Waals surface area contributed by atoms with Crippen LogP contribution in [0.4, 0.5) is 5.69 Å². The van der Waals surface area contributed by atoms with Gasteiger partial charge in [0.2, 0.25) is 5.91 Å². The van der Waals surface area contributed by atoms with Gasteiger partial charge in [-0.05, 0) is 63.2 Å². The van der Waals surface area contributed by atoms with E-state index in [2.05, 4.69) is 0 Å². The predicted molar refractivity (Wildman–Crippen MR) is 123 cm³/mol. The maximum Gasteiger partial charge on any atom is 0.231 e.